The fraction of sp³-hybridized carbons (Fsp3) is 0.207. The van der Waals surface area contributed by atoms with Crippen molar-refractivity contribution in [3.05, 3.63) is 90.3 Å². The Morgan fingerprint density at radius 2 is 2.12 bits per heavy atom. The van der Waals surface area contributed by atoms with Crippen LogP contribution in [0, 0.1) is 12.7 Å². The quantitative estimate of drug-likeness (QED) is 0.271. The number of likely N-dealkylation sites (tertiary alicyclic amines) is 1. The lowest BCUT2D eigenvalue weighted by Crippen LogP contribution is -2.30. The number of rotatable bonds is 7. The van der Waals surface area contributed by atoms with Gasteiger partial charge in [-0.05, 0) is 54.8 Å². The first-order chi connectivity index (χ1) is 19.4. The van der Waals surface area contributed by atoms with E-state index in [0.29, 0.717) is 41.3 Å². The molecular formula is C29H27FN8O2. The minimum Gasteiger partial charge on any atom is -0.363 e. The zero-order chi connectivity index (χ0) is 27.8. The van der Waals surface area contributed by atoms with Gasteiger partial charge in [0.05, 0.1) is 5.39 Å². The van der Waals surface area contributed by atoms with E-state index in [1.54, 1.807) is 23.4 Å². The summed E-state index contributed by atoms with van der Waals surface area (Å²) in [7, 11) is 0. The maximum absolute atomic E-state index is 15.2. The molecule has 0 saturated carbocycles. The number of nitrogens with zero attached hydrogens (tertiary/aromatic N) is 5. The average Bonchev–Trinajstić information content (AvgIpc) is 3.71. The van der Waals surface area contributed by atoms with Crippen LogP contribution in [0.3, 0.4) is 0 Å². The molecule has 1 fully saturated rings. The topological polar surface area (TPSA) is 120 Å². The largest absolute Gasteiger partial charge is 0.363 e. The van der Waals surface area contributed by atoms with Crippen LogP contribution in [0.15, 0.2) is 67.5 Å². The maximum Gasteiger partial charge on any atom is 0.271 e. The lowest BCUT2D eigenvalue weighted by molar-refractivity contribution is -0.125. The highest BCUT2D eigenvalue weighted by atomic mass is 19.1. The number of carbonyl (C=O) groups is 2. The van der Waals surface area contributed by atoms with Crippen LogP contribution in [-0.2, 0) is 11.3 Å². The number of nitrogens with one attached hydrogen (secondary N) is 3. The molecule has 1 aliphatic rings. The molecule has 5 heterocycles. The third-order valence-electron chi connectivity index (χ3n) is 7.21. The van der Waals surface area contributed by atoms with Gasteiger partial charge in [0.15, 0.2) is 11.5 Å². The van der Waals surface area contributed by atoms with Crippen molar-refractivity contribution in [3.8, 4) is 11.1 Å². The summed E-state index contributed by atoms with van der Waals surface area (Å²) in [6.07, 6.45) is 5.40. The van der Waals surface area contributed by atoms with Gasteiger partial charge in [0.25, 0.3) is 5.91 Å². The number of carbonyl (C=O) groups excluding carboxylic acids is 2. The van der Waals surface area contributed by atoms with Crippen LogP contribution in [0.5, 0.6) is 0 Å². The van der Waals surface area contributed by atoms with E-state index in [-0.39, 0.29) is 30.1 Å². The minimum atomic E-state index is -0.444. The summed E-state index contributed by atoms with van der Waals surface area (Å²) in [5.41, 5.74) is 4.22. The molecule has 0 radical (unpaired) electrons. The van der Waals surface area contributed by atoms with Gasteiger partial charge in [0.1, 0.15) is 17.2 Å². The predicted molar refractivity (Wildman–Crippen MR) is 149 cm³/mol. The van der Waals surface area contributed by atoms with E-state index in [1.165, 1.54) is 12.1 Å². The number of hydrogen-bond acceptors (Lipinski definition) is 6. The molecule has 1 atom stereocenters. The SMILES string of the molecule is C=CC(=O)N1CCC(Nc2n[nH]c3nccc(-c4ccc(CNC(=O)c5cn6c(C)cccc6n5)c(F)c4)c23)C1. The zero-order valence-corrected chi connectivity index (χ0v) is 21.8. The van der Waals surface area contributed by atoms with Crippen molar-refractivity contribution in [3.63, 3.8) is 0 Å². The summed E-state index contributed by atoms with van der Waals surface area (Å²) in [6, 6.07) is 12.4. The van der Waals surface area contributed by atoms with E-state index in [4.69, 9.17) is 0 Å². The zero-order valence-electron chi connectivity index (χ0n) is 21.8. The van der Waals surface area contributed by atoms with Crippen LogP contribution in [0.2, 0.25) is 0 Å². The molecule has 6 rings (SSSR count). The molecule has 2 amide bonds. The first kappa shape index (κ1) is 25.2. The lowest BCUT2D eigenvalue weighted by Gasteiger charge is -2.15. The molecule has 40 heavy (non-hydrogen) atoms. The number of anilines is 1. The van der Waals surface area contributed by atoms with Crippen LogP contribution in [0.4, 0.5) is 10.2 Å². The molecule has 0 spiro atoms. The predicted octanol–water partition coefficient (Wildman–Crippen LogP) is 3.85. The first-order valence-electron chi connectivity index (χ1n) is 12.9. The fourth-order valence-corrected chi connectivity index (χ4v) is 5.08. The van der Waals surface area contributed by atoms with E-state index in [0.717, 1.165) is 23.1 Å². The molecule has 1 unspecified atom stereocenters. The third-order valence-corrected chi connectivity index (χ3v) is 7.21. The highest BCUT2D eigenvalue weighted by Crippen LogP contribution is 2.33. The average molecular weight is 539 g/mol. The molecule has 0 aliphatic carbocycles. The molecule has 0 bridgehead atoms. The molecule has 202 valence electrons. The first-order valence-corrected chi connectivity index (χ1v) is 12.9. The Kier molecular flexibility index (Phi) is 6.47. The number of amides is 2. The number of hydrogen-bond donors (Lipinski definition) is 3. The van der Waals surface area contributed by atoms with Crippen molar-refractivity contribution in [2.24, 2.45) is 0 Å². The van der Waals surface area contributed by atoms with Gasteiger partial charge in [-0.3, -0.25) is 14.7 Å². The van der Waals surface area contributed by atoms with Gasteiger partial charge in [-0.2, -0.15) is 5.10 Å². The minimum absolute atomic E-state index is 0.0167. The van der Waals surface area contributed by atoms with Crippen LogP contribution >= 0.6 is 0 Å². The van der Waals surface area contributed by atoms with Crippen LogP contribution in [0.25, 0.3) is 27.8 Å². The molecule has 1 aliphatic heterocycles. The third kappa shape index (κ3) is 4.66. The number of fused-ring (bicyclic) bond motifs is 2. The van der Waals surface area contributed by atoms with Crippen molar-refractivity contribution < 1.29 is 14.0 Å². The van der Waals surface area contributed by atoms with Crippen molar-refractivity contribution in [1.82, 2.24) is 34.8 Å². The molecule has 4 aromatic heterocycles. The maximum atomic E-state index is 15.2. The second kappa shape index (κ2) is 10.3. The second-order valence-electron chi connectivity index (χ2n) is 9.78. The molecule has 1 saturated heterocycles. The van der Waals surface area contributed by atoms with E-state index >= 15 is 4.39 Å². The smallest absolute Gasteiger partial charge is 0.271 e. The molecule has 1 aromatic carbocycles. The van der Waals surface area contributed by atoms with Crippen molar-refractivity contribution in [2.75, 3.05) is 18.4 Å². The Balaban J connectivity index is 1.20. The normalized spacial score (nSPS) is 15.1. The highest BCUT2D eigenvalue weighted by molar-refractivity contribution is 6.00. The summed E-state index contributed by atoms with van der Waals surface area (Å²) in [6.45, 7) is 6.68. The Morgan fingerprint density at radius 1 is 1.25 bits per heavy atom. The molecule has 3 N–H and O–H groups in total. The molecule has 5 aromatic rings. The van der Waals surface area contributed by atoms with E-state index in [9.17, 15) is 9.59 Å². The monoisotopic (exact) mass is 538 g/mol. The summed E-state index contributed by atoms with van der Waals surface area (Å²) in [4.78, 5) is 35.1. The Hall–Kier alpha value is -5.06. The van der Waals surface area contributed by atoms with Gasteiger partial charge in [0, 0.05) is 49.3 Å². The molecular weight excluding hydrogens is 511 g/mol. The fourth-order valence-electron chi connectivity index (χ4n) is 5.08. The van der Waals surface area contributed by atoms with Gasteiger partial charge >= 0.3 is 0 Å². The van der Waals surface area contributed by atoms with Crippen molar-refractivity contribution >= 4 is 34.3 Å². The Morgan fingerprint density at radius 3 is 2.92 bits per heavy atom. The number of halogens is 1. The second-order valence-corrected chi connectivity index (χ2v) is 9.78. The number of aryl methyl sites for hydroxylation is 1. The van der Waals surface area contributed by atoms with E-state index in [2.05, 4.69) is 37.4 Å². The highest BCUT2D eigenvalue weighted by Gasteiger charge is 2.26. The summed E-state index contributed by atoms with van der Waals surface area (Å²) < 4.78 is 17.1. The number of benzene rings is 1. The van der Waals surface area contributed by atoms with Crippen LogP contribution in [-0.4, -0.2) is 60.4 Å². The van der Waals surface area contributed by atoms with E-state index in [1.807, 2.05) is 41.7 Å². The standard InChI is InChI=1S/C29H27FN8O2/c1-3-25(39)37-12-10-20(15-37)33-28-26-21(9-11-31-27(26)35-36-28)18-7-8-19(22(30)13-18)14-32-29(40)23-16-38-17(2)5-4-6-24(38)34-23/h3-9,11,13,16,20H,1,10,12,14-15H2,2H3,(H,32,40)(H2,31,33,35,36). The summed E-state index contributed by atoms with van der Waals surface area (Å²) in [5, 5.41) is 14.2. The molecule has 11 heteroatoms. The van der Waals surface area contributed by atoms with Gasteiger partial charge in [-0.1, -0.05) is 24.8 Å². The Bertz CT molecular complexity index is 1770. The van der Waals surface area contributed by atoms with E-state index < -0.39 is 5.82 Å². The van der Waals surface area contributed by atoms with Crippen LogP contribution in [0.1, 0.15) is 28.2 Å². The Labute approximate surface area is 228 Å². The van der Waals surface area contributed by atoms with Crippen molar-refractivity contribution in [2.45, 2.75) is 25.9 Å². The number of imidazole rings is 1. The van der Waals surface area contributed by atoms with Gasteiger partial charge in [-0.25, -0.2) is 14.4 Å². The molecule has 10 nitrogen and oxygen atoms in total. The lowest BCUT2D eigenvalue weighted by atomic mass is 10.0. The number of aromatic amines is 1. The number of pyridine rings is 2. The number of aromatic nitrogens is 5. The van der Waals surface area contributed by atoms with Gasteiger partial charge in [0.2, 0.25) is 5.91 Å². The summed E-state index contributed by atoms with van der Waals surface area (Å²) in [5.74, 6) is -0.327. The summed E-state index contributed by atoms with van der Waals surface area (Å²) >= 11 is 0. The van der Waals surface area contributed by atoms with Crippen molar-refractivity contribution in [1.29, 1.82) is 0 Å². The van der Waals surface area contributed by atoms with Gasteiger partial charge < -0.3 is 19.9 Å². The number of H-pyrrole nitrogens is 1. The van der Waals surface area contributed by atoms with Gasteiger partial charge in [-0.15, -0.1) is 0 Å². The van der Waals surface area contributed by atoms with Crippen LogP contribution < -0.4 is 10.6 Å².